The Morgan fingerprint density at radius 2 is 1.47 bits per heavy atom. The van der Waals surface area contributed by atoms with Gasteiger partial charge in [-0.15, -0.1) is 0 Å². The van der Waals surface area contributed by atoms with E-state index in [1.165, 1.54) is 59.7 Å². The second-order valence-corrected chi connectivity index (χ2v) is 9.12. The Morgan fingerprint density at radius 1 is 0.800 bits per heavy atom. The smallest absolute Gasteiger partial charge is 0.159 e. The van der Waals surface area contributed by atoms with Crippen LogP contribution >= 0.6 is 0 Å². The third kappa shape index (κ3) is 3.29. The zero-order valence-electron chi connectivity index (χ0n) is 18.3. The normalized spacial score (nSPS) is 15.3. The first-order valence-electron chi connectivity index (χ1n) is 11.4. The van der Waals surface area contributed by atoms with Crippen LogP contribution in [0.3, 0.4) is 0 Å². The van der Waals surface area contributed by atoms with Crippen LogP contribution < -0.4 is 4.90 Å². The van der Waals surface area contributed by atoms with Gasteiger partial charge in [-0.2, -0.15) is 0 Å². The molecule has 0 radical (unpaired) electrons. The first-order valence-corrected chi connectivity index (χ1v) is 11.4. The van der Waals surface area contributed by atoms with Gasteiger partial charge in [0.25, 0.3) is 0 Å². The van der Waals surface area contributed by atoms with E-state index in [4.69, 9.17) is 4.42 Å². The van der Waals surface area contributed by atoms with Gasteiger partial charge in [0.1, 0.15) is 5.58 Å². The average molecular weight is 398 g/mol. The van der Waals surface area contributed by atoms with Gasteiger partial charge in [-0.25, -0.2) is 0 Å². The van der Waals surface area contributed by atoms with Crippen LogP contribution in [0.25, 0.3) is 21.9 Å². The minimum absolute atomic E-state index is 0.543. The van der Waals surface area contributed by atoms with Crippen LogP contribution in [0.2, 0.25) is 0 Å². The molecule has 1 aromatic heterocycles. The highest BCUT2D eigenvalue weighted by Gasteiger charge is 2.22. The van der Waals surface area contributed by atoms with Crippen molar-refractivity contribution in [3.63, 3.8) is 0 Å². The van der Waals surface area contributed by atoms with Crippen LogP contribution in [-0.2, 0) is 0 Å². The number of rotatable bonds is 4. The molecule has 1 saturated carbocycles. The molecule has 0 saturated heterocycles. The highest BCUT2D eigenvalue weighted by atomic mass is 16.3. The Hall–Kier alpha value is -2.74. The van der Waals surface area contributed by atoms with Crippen LogP contribution in [-0.4, -0.2) is 7.05 Å². The molecule has 4 aromatic rings. The van der Waals surface area contributed by atoms with Gasteiger partial charge in [0.05, 0.1) is 5.69 Å². The van der Waals surface area contributed by atoms with Crippen LogP contribution in [0.5, 0.6) is 0 Å². The Balaban J connectivity index is 1.61. The largest absolute Gasteiger partial charge is 0.454 e. The maximum absolute atomic E-state index is 6.63. The van der Waals surface area contributed by atoms with Crippen molar-refractivity contribution in [1.82, 2.24) is 0 Å². The fraction of sp³-hybridized carbons (Fsp3) is 0.357. The molecule has 1 heterocycles. The second kappa shape index (κ2) is 7.83. The molecule has 2 nitrogen and oxygen atoms in total. The van der Waals surface area contributed by atoms with Gasteiger partial charge in [0.2, 0.25) is 0 Å². The first kappa shape index (κ1) is 19.2. The minimum atomic E-state index is 0.543. The van der Waals surface area contributed by atoms with Crippen molar-refractivity contribution in [2.75, 3.05) is 11.9 Å². The molecule has 0 atom stereocenters. The maximum Gasteiger partial charge on any atom is 0.159 e. The van der Waals surface area contributed by atoms with E-state index >= 15 is 0 Å². The highest BCUT2D eigenvalue weighted by molar-refractivity contribution is 6.10. The van der Waals surface area contributed by atoms with Gasteiger partial charge in [-0.05, 0) is 54.0 Å². The number of nitrogens with zero attached hydrogens (tertiary/aromatic N) is 1. The number of hydrogen-bond donors (Lipinski definition) is 0. The zero-order valence-corrected chi connectivity index (χ0v) is 18.3. The summed E-state index contributed by atoms with van der Waals surface area (Å²) in [6.07, 6.45) is 6.61. The summed E-state index contributed by atoms with van der Waals surface area (Å²) in [6.45, 7) is 4.47. The summed E-state index contributed by atoms with van der Waals surface area (Å²) < 4.78 is 6.63. The van der Waals surface area contributed by atoms with Gasteiger partial charge in [0.15, 0.2) is 5.58 Å². The van der Waals surface area contributed by atoms with E-state index in [9.17, 15) is 0 Å². The molecule has 3 aromatic carbocycles. The Labute approximate surface area is 179 Å². The average Bonchev–Trinajstić information content (AvgIpc) is 3.18. The van der Waals surface area contributed by atoms with Gasteiger partial charge in [-0.3, -0.25) is 0 Å². The van der Waals surface area contributed by atoms with Crippen molar-refractivity contribution in [1.29, 1.82) is 0 Å². The fourth-order valence-corrected chi connectivity index (χ4v) is 5.05. The molecule has 2 heteroatoms. The molecule has 0 amide bonds. The van der Waals surface area contributed by atoms with E-state index < -0.39 is 0 Å². The van der Waals surface area contributed by atoms with E-state index in [0.29, 0.717) is 11.8 Å². The predicted molar refractivity (Wildman–Crippen MR) is 128 cm³/mol. The van der Waals surface area contributed by atoms with Crippen molar-refractivity contribution >= 4 is 33.3 Å². The van der Waals surface area contributed by atoms with Gasteiger partial charge in [-0.1, -0.05) is 75.6 Å². The number of benzene rings is 3. The molecule has 0 unspecified atom stereocenters. The van der Waals surface area contributed by atoms with Crippen LogP contribution in [0, 0.1) is 0 Å². The summed E-state index contributed by atoms with van der Waals surface area (Å²) in [5, 5.41) is 2.46. The van der Waals surface area contributed by atoms with E-state index in [0.717, 1.165) is 16.9 Å². The van der Waals surface area contributed by atoms with Crippen LogP contribution in [0.15, 0.2) is 65.1 Å². The molecule has 1 aliphatic rings. The molecule has 154 valence electrons. The molecule has 0 aliphatic heterocycles. The maximum atomic E-state index is 6.63. The van der Waals surface area contributed by atoms with Gasteiger partial charge < -0.3 is 9.32 Å². The van der Waals surface area contributed by atoms with Crippen molar-refractivity contribution in [2.45, 2.75) is 57.8 Å². The summed E-state index contributed by atoms with van der Waals surface area (Å²) in [7, 11) is 2.13. The standard InChI is InChI=1S/C28H31NO/c1-19(2)20-15-17-22(18-16-20)29(3)26-14-8-13-25-24-12-7-11-23(27(24)30-28(25)26)21-9-5-4-6-10-21/h7-8,11-19,21H,4-6,9-10H2,1-3H3. The predicted octanol–water partition coefficient (Wildman–Crippen LogP) is 8.53. The third-order valence-corrected chi connectivity index (χ3v) is 6.89. The van der Waals surface area contributed by atoms with E-state index in [1.807, 2.05) is 0 Å². The van der Waals surface area contributed by atoms with E-state index in [-0.39, 0.29) is 0 Å². The lowest BCUT2D eigenvalue weighted by molar-refractivity contribution is 0.442. The SMILES string of the molecule is CC(C)c1ccc(N(C)c2cccc3c2oc2c(C4CCCCC4)cccc23)cc1. The molecule has 30 heavy (non-hydrogen) atoms. The monoisotopic (exact) mass is 397 g/mol. The lowest BCUT2D eigenvalue weighted by Gasteiger charge is -2.22. The number of anilines is 2. The lowest BCUT2D eigenvalue weighted by atomic mass is 9.83. The Bertz CT molecular complexity index is 1160. The number of furan rings is 1. The van der Waals surface area contributed by atoms with Crippen molar-refractivity contribution in [3.05, 3.63) is 71.8 Å². The molecular weight excluding hydrogens is 366 g/mol. The van der Waals surface area contributed by atoms with E-state index in [1.54, 1.807) is 0 Å². The molecule has 0 N–H and O–H groups in total. The lowest BCUT2D eigenvalue weighted by Crippen LogP contribution is -2.09. The van der Waals surface area contributed by atoms with Gasteiger partial charge in [0, 0.05) is 23.5 Å². The topological polar surface area (TPSA) is 16.4 Å². The Morgan fingerprint density at radius 3 is 2.17 bits per heavy atom. The molecule has 1 fully saturated rings. The number of fused-ring (bicyclic) bond motifs is 3. The van der Waals surface area contributed by atoms with Gasteiger partial charge >= 0.3 is 0 Å². The number of hydrogen-bond acceptors (Lipinski definition) is 2. The van der Waals surface area contributed by atoms with E-state index in [2.05, 4.69) is 86.5 Å². The minimum Gasteiger partial charge on any atom is -0.454 e. The third-order valence-electron chi connectivity index (χ3n) is 6.89. The number of para-hydroxylation sites is 2. The molecule has 0 bridgehead atoms. The summed E-state index contributed by atoms with van der Waals surface area (Å²) >= 11 is 0. The van der Waals surface area contributed by atoms with Crippen LogP contribution in [0.1, 0.15) is 68.9 Å². The molecule has 1 aliphatic carbocycles. The van der Waals surface area contributed by atoms with Crippen molar-refractivity contribution in [3.8, 4) is 0 Å². The summed E-state index contributed by atoms with van der Waals surface area (Å²) in [4.78, 5) is 2.25. The van der Waals surface area contributed by atoms with Crippen molar-refractivity contribution in [2.24, 2.45) is 0 Å². The highest BCUT2D eigenvalue weighted by Crippen LogP contribution is 2.42. The van der Waals surface area contributed by atoms with Crippen LogP contribution in [0.4, 0.5) is 11.4 Å². The zero-order chi connectivity index (χ0) is 20.7. The molecule has 0 spiro atoms. The Kier molecular flexibility index (Phi) is 5.02. The fourth-order valence-electron chi connectivity index (χ4n) is 5.05. The van der Waals surface area contributed by atoms with Crippen molar-refractivity contribution < 1.29 is 4.42 Å². The summed E-state index contributed by atoms with van der Waals surface area (Å²) in [5.41, 5.74) is 7.15. The summed E-state index contributed by atoms with van der Waals surface area (Å²) in [6, 6.07) is 22.1. The second-order valence-electron chi connectivity index (χ2n) is 9.12. The first-order chi connectivity index (χ1) is 14.6. The quantitative estimate of drug-likeness (QED) is 0.343. The molecular formula is C28H31NO. The summed E-state index contributed by atoms with van der Waals surface area (Å²) in [5.74, 6) is 1.18. The molecule has 5 rings (SSSR count).